The van der Waals surface area contributed by atoms with E-state index in [1.165, 1.54) is 0 Å². The topological polar surface area (TPSA) is 15.3 Å². The van der Waals surface area contributed by atoms with Gasteiger partial charge in [-0.15, -0.1) is 0 Å². The van der Waals surface area contributed by atoms with Gasteiger partial charge in [-0.05, 0) is 27.2 Å². The molecular formula is C10H21F3N2S. The van der Waals surface area contributed by atoms with Crippen molar-refractivity contribution in [3.8, 4) is 0 Å². The largest absolute Gasteiger partial charge is 0.401 e. The second-order valence-corrected chi connectivity index (χ2v) is 4.98. The van der Waals surface area contributed by atoms with Gasteiger partial charge in [-0.1, -0.05) is 0 Å². The Balaban J connectivity index is 3.83. The second-order valence-electron chi connectivity index (χ2n) is 4.06. The van der Waals surface area contributed by atoms with Crippen molar-refractivity contribution in [2.45, 2.75) is 32.1 Å². The van der Waals surface area contributed by atoms with Gasteiger partial charge in [0.2, 0.25) is 0 Å². The van der Waals surface area contributed by atoms with Crippen LogP contribution in [0.2, 0.25) is 0 Å². The van der Waals surface area contributed by atoms with E-state index in [1.54, 1.807) is 11.8 Å². The molecule has 2 nitrogen and oxygen atoms in total. The normalized spacial score (nSPS) is 16.5. The molecule has 0 aliphatic rings. The first-order valence-corrected chi connectivity index (χ1v) is 6.65. The number of nitrogens with zero attached hydrogens (tertiary/aromatic N) is 1. The van der Waals surface area contributed by atoms with Gasteiger partial charge in [0.15, 0.2) is 0 Å². The van der Waals surface area contributed by atoms with Crippen LogP contribution >= 0.6 is 11.8 Å². The average Bonchev–Trinajstić information content (AvgIpc) is 2.14. The smallest absolute Gasteiger partial charge is 0.307 e. The summed E-state index contributed by atoms with van der Waals surface area (Å²) in [4.78, 5) is 2.10. The average molecular weight is 258 g/mol. The molecule has 0 aromatic heterocycles. The lowest BCUT2D eigenvalue weighted by molar-refractivity contribution is -0.125. The molecule has 0 saturated carbocycles. The summed E-state index contributed by atoms with van der Waals surface area (Å²) < 4.78 is 35.7. The molecule has 0 amide bonds. The quantitative estimate of drug-likeness (QED) is 0.754. The van der Waals surface area contributed by atoms with Crippen LogP contribution in [0.3, 0.4) is 0 Å². The van der Waals surface area contributed by atoms with E-state index in [-0.39, 0.29) is 6.04 Å². The molecule has 0 aromatic rings. The molecule has 16 heavy (non-hydrogen) atoms. The zero-order chi connectivity index (χ0) is 12.8. The molecule has 0 radical (unpaired) electrons. The van der Waals surface area contributed by atoms with E-state index in [1.807, 2.05) is 20.2 Å². The van der Waals surface area contributed by atoms with E-state index in [0.717, 1.165) is 5.75 Å². The fourth-order valence-corrected chi connectivity index (χ4v) is 2.08. The van der Waals surface area contributed by atoms with E-state index in [0.29, 0.717) is 12.6 Å². The van der Waals surface area contributed by atoms with E-state index in [9.17, 15) is 13.2 Å². The van der Waals surface area contributed by atoms with E-state index < -0.39 is 12.7 Å². The number of halogens is 3. The maximum absolute atomic E-state index is 11.9. The Hall–Kier alpha value is 0.0600. The van der Waals surface area contributed by atoms with Gasteiger partial charge in [-0.25, -0.2) is 0 Å². The number of hydrogen-bond acceptors (Lipinski definition) is 3. The van der Waals surface area contributed by atoms with Crippen molar-refractivity contribution in [2.75, 3.05) is 32.1 Å². The van der Waals surface area contributed by atoms with Gasteiger partial charge in [0.1, 0.15) is 0 Å². The Morgan fingerprint density at radius 2 is 1.81 bits per heavy atom. The van der Waals surface area contributed by atoms with Crippen LogP contribution in [0.4, 0.5) is 13.2 Å². The van der Waals surface area contributed by atoms with E-state index >= 15 is 0 Å². The van der Waals surface area contributed by atoms with Crippen LogP contribution in [0.5, 0.6) is 0 Å². The first-order valence-electron chi connectivity index (χ1n) is 5.26. The summed E-state index contributed by atoms with van der Waals surface area (Å²) in [5.74, 6) is 0.986. The van der Waals surface area contributed by atoms with Crippen LogP contribution in [-0.4, -0.2) is 55.3 Å². The minimum absolute atomic E-state index is 0.101. The summed E-state index contributed by atoms with van der Waals surface area (Å²) in [6, 6.07) is 0.474. The van der Waals surface area contributed by atoms with E-state index in [4.69, 9.17) is 0 Å². The lowest BCUT2D eigenvalue weighted by atomic mass is 10.2. The first kappa shape index (κ1) is 16.1. The Labute approximate surface area is 100.0 Å². The molecule has 2 unspecified atom stereocenters. The standard InChI is InChI=1S/C10H21F3N2S/c1-8(5-14-7-10(11,12)13)15(3)9(2)6-16-4/h8-9,14H,5-7H2,1-4H3. The Kier molecular flexibility index (Phi) is 7.43. The molecule has 0 fully saturated rings. The molecule has 0 rings (SSSR count). The fraction of sp³-hybridized carbons (Fsp3) is 1.00. The van der Waals surface area contributed by atoms with Crippen molar-refractivity contribution >= 4 is 11.8 Å². The SMILES string of the molecule is CSCC(C)N(C)C(C)CNCC(F)(F)F. The third-order valence-corrected chi connectivity index (χ3v) is 3.38. The number of alkyl halides is 3. The molecule has 6 heteroatoms. The minimum atomic E-state index is -4.12. The lowest BCUT2D eigenvalue weighted by Gasteiger charge is -2.30. The zero-order valence-corrected chi connectivity index (χ0v) is 11.1. The minimum Gasteiger partial charge on any atom is -0.307 e. The van der Waals surface area contributed by atoms with Crippen LogP contribution in [0.1, 0.15) is 13.8 Å². The highest BCUT2D eigenvalue weighted by Gasteiger charge is 2.26. The third kappa shape index (κ3) is 7.35. The summed E-state index contributed by atoms with van der Waals surface area (Å²) in [5, 5.41) is 2.43. The molecule has 0 bridgehead atoms. The highest BCUT2D eigenvalue weighted by molar-refractivity contribution is 7.98. The number of rotatable bonds is 7. The second kappa shape index (κ2) is 7.40. The molecule has 0 heterocycles. The molecular weight excluding hydrogens is 237 g/mol. The number of nitrogens with one attached hydrogen (secondary N) is 1. The monoisotopic (exact) mass is 258 g/mol. The first-order chi connectivity index (χ1) is 7.28. The van der Waals surface area contributed by atoms with Gasteiger partial charge in [-0.2, -0.15) is 24.9 Å². The molecule has 0 saturated heterocycles. The van der Waals surface area contributed by atoms with Gasteiger partial charge >= 0.3 is 6.18 Å². The van der Waals surface area contributed by atoms with Crippen molar-refractivity contribution in [2.24, 2.45) is 0 Å². The van der Waals surface area contributed by atoms with Gasteiger partial charge in [0.05, 0.1) is 6.54 Å². The van der Waals surface area contributed by atoms with Crippen molar-refractivity contribution in [1.82, 2.24) is 10.2 Å². The van der Waals surface area contributed by atoms with Gasteiger partial charge in [-0.3, -0.25) is 4.90 Å². The van der Waals surface area contributed by atoms with Crippen molar-refractivity contribution in [3.05, 3.63) is 0 Å². The highest BCUT2D eigenvalue weighted by atomic mass is 32.2. The van der Waals surface area contributed by atoms with E-state index in [2.05, 4.69) is 17.1 Å². The van der Waals surface area contributed by atoms with Crippen molar-refractivity contribution in [1.29, 1.82) is 0 Å². The van der Waals surface area contributed by atoms with Gasteiger partial charge in [0.25, 0.3) is 0 Å². The summed E-state index contributed by atoms with van der Waals surface area (Å²) in [7, 11) is 1.95. The molecule has 1 N–H and O–H groups in total. The zero-order valence-electron chi connectivity index (χ0n) is 10.3. The van der Waals surface area contributed by atoms with Crippen LogP contribution in [-0.2, 0) is 0 Å². The van der Waals surface area contributed by atoms with Gasteiger partial charge < -0.3 is 5.32 Å². The fourth-order valence-electron chi connectivity index (χ4n) is 1.36. The maximum atomic E-state index is 11.9. The van der Waals surface area contributed by atoms with Crippen LogP contribution < -0.4 is 5.32 Å². The van der Waals surface area contributed by atoms with Gasteiger partial charge in [0, 0.05) is 24.4 Å². The van der Waals surface area contributed by atoms with Crippen LogP contribution in [0, 0.1) is 0 Å². The maximum Gasteiger partial charge on any atom is 0.401 e. The molecule has 0 spiro atoms. The van der Waals surface area contributed by atoms with Crippen molar-refractivity contribution in [3.63, 3.8) is 0 Å². The molecule has 2 atom stereocenters. The summed E-state index contributed by atoms with van der Waals surface area (Å²) in [5.41, 5.74) is 0. The summed E-state index contributed by atoms with van der Waals surface area (Å²) in [6.07, 6.45) is -2.10. The summed E-state index contributed by atoms with van der Waals surface area (Å²) in [6.45, 7) is 3.45. The van der Waals surface area contributed by atoms with Crippen LogP contribution in [0.25, 0.3) is 0 Å². The highest BCUT2D eigenvalue weighted by Crippen LogP contribution is 2.12. The Morgan fingerprint density at radius 3 is 2.25 bits per heavy atom. The van der Waals surface area contributed by atoms with Crippen molar-refractivity contribution < 1.29 is 13.2 Å². The number of hydrogen-bond donors (Lipinski definition) is 1. The number of thioether (sulfide) groups is 1. The molecule has 0 aromatic carbocycles. The third-order valence-electron chi connectivity index (χ3n) is 2.56. The Morgan fingerprint density at radius 1 is 1.25 bits per heavy atom. The molecule has 0 aliphatic carbocycles. The molecule has 0 aliphatic heterocycles. The predicted octanol–water partition coefficient (Wildman–Crippen LogP) is 2.21. The Bertz CT molecular complexity index is 187. The summed E-state index contributed by atoms with van der Waals surface area (Å²) >= 11 is 1.74. The predicted molar refractivity (Wildman–Crippen MR) is 64.0 cm³/mol. The number of likely N-dealkylation sites (N-methyl/N-ethyl adjacent to an activating group) is 1. The van der Waals surface area contributed by atoms with Crippen LogP contribution in [0.15, 0.2) is 0 Å². The lowest BCUT2D eigenvalue weighted by Crippen LogP contribution is -2.45. The molecule has 98 valence electrons.